The van der Waals surface area contributed by atoms with Gasteiger partial charge in [0.1, 0.15) is 11.5 Å². The lowest BCUT2D eigenvalue weighted by Gasteiger charge is -2.28. The fourth-order valence-electron chi connectivity index (χ4n) is 4.56. The number of benzene rings is 4. The Labute approximate surface area is 233 Å². The fraction of sp³-hybridized carbons (Fsp3) is 0.156. The highest BCUT2D eigenvalue weighted by Gasteiger charge is 2.38. The number of ether oxygens (including phenoxy) is 3. The maximum absolute atomic E-state index is 12.8. The number of esters is 1. The van der Waals surface area contributed by atoms with E-state index >= 15 is 0 Å². The zero-order chi connectivity index (χ0) is 28.0. The number of halogens is 3. The third kappa shape index (κ3) is 6.69. The van der Waals surface area contributed by atoms with Gasteiger partial charge in [-0.2, -0.15) is 0 Å². The molecule has 4 nitrogen and oxygen atoms in total. The molecular weight excluding hydrogens is 537 g/mol. The Hall–Kier alpha value is -4.17. The zero-order valence-electron chi connectivity index (χ0n) is 21.3. The van der Waals surface area contributed by atoms with Crippen LogP contribution in [-0.4, -0.2) is 18.9 Å². The molecule has 1 unspecified atom stereocenters. The van der Waals surface area contributed by atoms with E-state index in [1.165, 1.54) is 28.0 Å². The van der Waals surface area contributed by atoms with E-state index in [0.29, 0.717) is 24.2 Å². The van der Waals surface area contributed by atoms with Crippen LogP contribution >= 0.6 is 0 Å². The quantitative estimate of drug-likeness (QED) is 0.118. The van der Waals surface area contributed by atoms with E-state index in [4.69, 9.17) is 9.47 Å². The minimum Gasteiger partial charge on any atom is -0.482 e. The lowest BCUT2D eigenvalue weighted by molar-refractivity contribution is -0.274. The number of carbonyl (C=O) groups excluding carboxylic acids is 1. The minimum atomic E-state index is -4.82. The van der Waals surface area contributed by atoms with Gasteiger partial charge in [-0.25, -0.2) is 4.79 Å². The van der Waals surface area contributed by atoms with Crippen LogP contribution in [0.5, 0.6) is 11.5 Å². The normalized spacial score (nSPS) is 16.6. The predicted molar refractivity (Wildman–Crippen MR) is 146 cm³/mol. The summed E-state index contributed by atoms with van der Waals surface area (Å²) in [6, 6.07) is 33.6. The van der Waals surface area contributed by atoms with Crippen LogP contribution in [0.2, 0.25) is 0 Å². The number of hydrogen-bond donors (Lipinski definition) is 0. The topological polar surface area (TPSA) is 44.8 Å². The van der Waals surface area contributed by atoms with Crippen LogP contribution in [0, 0.1) is 0 Å². The van der Waals surface area contributed by atoms with Gasteiger partial charge in [0.15, 0.2) is 26.9 Å². The van der Waals surface area contributed by atoms with Crippen molar-refractivity contribution < 1.29 is 32.2 Å². The smallest absolute Gasteiger partial charge is 0.482 e. The Bertz CT molecular complexity index is 1420. The Balaban J connectivity index is 1.27. The molecule has 0 saturated heterocycles. The average molecular weight is 564 g/mol. The first-order valence-electron chi connectivity index (χ1n) is 12.6. The maximum atomic E-state index is 12.8. The van der Waals surface area contributed by atoms with Crippen LogP contribution in [-0.2, 0) is 26.0 Å². The summed E-state index contributed by atoms with van der Waals surface area (Å²) in [4.78, 5) is 16.3. The summed E-state index contributed by atoms with van der Waals surface area (Å²) in [5, 5.41) is 0. The van der Waals surface area contributed by atoms with E-state index in [1.54, 1.807) is 12.1 Å². The van der Waals surface area contributed by atoms with E-state index < -0.39 is 17.9 Å². The molecule has 1 aliphatic rings. The summed E-state index contributed by atoms with van der Waals surface area (Å²) in [6.45, 7) is -0.350. The molecular formula is C32H26F3O4S+. The summed E-state index contributed by atoms with van der Waals surface area (Å²) in [5.74, 6) is -0.505. The molecule has 204 valence electrons. The summed E-state index contributed by atoms with van der Waals surface area (Å²) < 4.78 is 53.7. The Morgan fingerprint density at radius 3 is 1.98 bits per heavy atom. The molecule has 8 heteroatoms. The van der Waals surface area contributed by atoms with Crippen molar-refractivity contribution in [3.63, 3.8) is 0 Å². The molecule has 0 amide bonds. The lowest BCUT2D eigenvalue weighted by atomic mass is 9.93. The van der Waals surface area contributed by atoms with Gasteiger partial charge in [-0.1, -0.05) is 54.6 Å². The molecule has 40 heavy (non-hydrogen) atoms. The van der Waals surface area contributed by atoms with Crippen LogP contribution < -0.4 is 9.47 Å². The van der Waals surface area contributed by atoms with Crippen molar-refractivity contribution >= 4 is 16.9 Å². The van der Waals surface area contributed by atoms with Gasteiger partial charge in [0.2, 0.25) is 0 Å². The zero-order valence-corrected chi connectivity index (χ0v) is 22.2. The van der Waals surface area contributed by atoms with Gasteiger partial charge < -0.3 is 14.2 Å². The minimum absolute atomic E-state index is 0.310. The summed E-state index contributed by atoms with van der Waals surface area (Å²) in [5.41, 5.74) is -0.788. The van der Waals surface area contributed by atoms with E-state index in [-0.39, 0.29) is 23.3 Å². The summed E-state index contributed by atoms with van der Waals surface area (Å²) >= 11 is 0. The van der Waals surface area contributed by atoms with Gasteiger partial charge in [0.05, 0.1) is 10.9 Å². The third-order valence-corrected chi connectivity index (χ3v) is 8.53. The molecule has 0 aromatic heterocycles. The monoisotopic (exact) mass is 563 g/mol. The Morgan fingerprint density at radius 2 is 1.40 bits per heavy atom. The second-order valence-corrected chi connectivity index (χ2v) is 11.1. The summed E-state index contributed by atoms with van der Waals surface area (Å²) in [7, 11) is -0.310. The van der Waals surface area contributed by atoms with Crippen LogP contribution in [0.4, 0.5) is 13.2 Å². The van der Waals surface area contributed by atoms with Crippen LogP contribution in [0.3, 0.4) is 0 Å². The number of carbonyl (C=O) groups is 1. The van der Waals surface area contributed by atoms with Gasteiger partial charge in [0, 0.05) is 5.56 Å². The highest BCUT2D eigenvalue weighted by molar-refractivity contribution is 7.97. The van der Waals surface area contributed by atoms with E-state index in [9.17, 15) is 18.0 Å². The maximum Gasteiger partial charge on any atom is 0.573 e. The summed E-state index contributed by atoms with van der Waals surface area (Å²) in [6.07, 6.45) is -0.267. The molecule has 1 aliphatic carbocycles. The molecule has 1 atom stereocenters. The molecule has 0 spiro atoms. The molecule has 0 heterocycles. The van der Waals surface area contributed by atoms with Crippen molar-refractivity contribution in [2.24, 2.45) is 0 Å². The predicted octanol–water partition coefficient (Wildman–Crippen LogP) is 7.85. The highest BCUT2D eigenvalue weighted by atomic mass is 32.2. The Morgan fingerprint density at radius 1 is 0.775 bits per heavy atom. The fourth-order valence-corrected chi connectivity index (χ4v) is 6.65. The number of rotatable bonds is 9. The highest BCUT2D eigenvalue weighted by Crippen LogP contribution is 2.39. The van der Waals surface area contributed by atoms with Crippen molar-refractivity contribution in [3.05, 3.63) is 127 Å². The molecule has 0 N–H and O–H groups in total. The van der Waals surface area contributed by atoms with E-state index in [1.807, 2.05) is 66.7 Å². The average Bonchev–Trinajstić information content (AvgIpc) is 3.43. The first kappa shape index (κ1) is 27.4. The van der Waals surface area contributed by atoms with Crippen molar-refractivity contribution in [2.45, 2.75) is 39.5 Å². The van der Waals surface area contributed by atoms with Crippen molar-refractivity contribution in [1.82, 2.24) is 0 Å². The second-order valence-electron chi connectivity index (χ2n) is 9.07. The molecule has 0 radical (unpaired) electrons. The largest absolute Gasteiger partial charge is 0.573 e. The molecule has 0 fully saturated rings. The van der Waals surface area contributed by atoms with Crippen LogP contribution in [0.25, 0.3) is 0 Å². The van der Waals surface area contributed by atoms with Gasteiger partial charge in [0.25, 0.3) is 0 Å². The van der Waals surface area contributed by atoms with Gasteiger partial charge in [-0.3, -0.25) is 0 Å². The first-order chi connectivity index (χ1) is 19.3. The van der Waals surface area contributed by atoms with Crippen LogP contribution in [0.1, 0.15) is 18.4 Å². The van der Waals surface area contributed by atoms with Gasteiger partial charge in [-0.15, -0.1) is 13.2 Å². The standard InChI is InChI=1S/C32H26F3O4S/c33-32(34,35)38-26-11-9-10-24(22-26)31(20-7-8-21-31)39-30(36)23-37-25-16-18-29(19-17-25)40(27-12-3-1-4-13-27)28-14-5-2-6-15-28/h1-7,9-20,22H,8,21,23H2/q+1. The lowest BCUT2D eigenvalue weighted by Crippen LogP contribution is -2.31. The van der Waals surface area contributed by atoms with Crippen molar-refractivity contribution in [3.8, 4) is 11.5 Å². The van der Waals surface area contributed by atoms with Crippen molar-refractivity contribution in [1.29, 1.82) is 0 Å². The molecule has 0 saturated carbocycles. The first-order valence-corrected chi connectivity index (χ1v) is 13.9. The van der Waals surface area contributed by atoms with E-state index in [2.05, 4.69) is 29.0 Å². The molecule has 4 aromatic carbocycles. The van der Waals surface area contributed by atoms with Gasteiger partial charge in [-0.05, 0) is 79.6 Å². The van der Waals surface area contributed by atoms with E-state index in [0.717, 1.165) is 4.90 Å². The number of allylic oxidation sites excluding steroid dienone is 1. The molecule has 0 aliphatic heterocycles. The molecule has 5 rings (SSSR count). The SMILES string of the molecule is O=C(COc1ccc([S+](c2ccccc2)c2ccccc2)cc1)OC1(c2cccc(OC(F)(F)F)c2)C=CCC1. The molecule has 4 aromatic rings. The molecule has 0 bridgehead atoms. The number of alkyl halides is 3. The van der Waals surface area contributed by atoms with Crippen molar-refractivity contribution in [2.75, 3.05) is 6.61 Å². The number of hydrogen-bond acceptors (Lipinski definition) is 4. The van der Waals surface area contributed by atoms with Crippen LogP contribution in [0.15, 0.2) is 136 Å². The second kappa shape index (κ2) is 11.9. The third-order valence-electron chi connectivity index (χ3n) is 6.30. The van der Waals surface area contributed by atoms with Gasteiger partial charge >= 0.3 is 12.3 Å². The Kier molecular flexibility index (Phi) is 8.16.